The van der Waals surface area contributed by atoms with Gasteiger partial charge in [-0.15, -0.1) is 0 Å². The molecule has 0 fully saturated rings. The Morgan fingerprint density at radius 3 is 1.22 bits per heavy atom. The van der Waals surface area contributed by atoms with Gasteiger partial charge in [0.2, 0.25) is 0 Å². The van der Waals surface area contributed by atoms with Crippen molar-refractivity contribution in [2.45, 2.75) is 92.3 Å². The number of rotatable bonds is 12. The molecule has 8 nitrogen and oxygen atoms in total. The SMILES string of the molecule is CC(C)[O][Zr+2][O]C(C)C.CCCC(=O)CC(=O)[O-].CCCC(=O)CC(=O)[O-]. The summed E-state index contributed by atoms with van der Waals surface area (Å²) in [5, 5.41) is 19.5. The van der Waals surface area contributed by atoms with Gasteiger partial charge in [-0.3, -0.25) is 9.59 Å². The van der Waals surface area contributed by atoms with Crippen LogP contribution in [0.1, 0.15) is 80.1 Å². The summed E-state index contributed by atoms with van der Waals surface area (Å²) in [4.78, 5) is 40.4. The number of Topliss-reactive ketones (excluding diaryl/α,β-unsaturated/α-hetero) is 2. The molecule has 0 aliphatic rings. The molecule has 0 saturated carbocycles. The van der Waals surface area contributed by atoms with E-state index in [1.807, 2.05) is 41.5 Å². The van der Waals surface area contributed by atoms with E-state index < -0.39 is 48.9 Å². The van der Waals surface area contributed by atoms with Gasteiger partial charge in [0.15, 0.2) is 0 Å². The van der Waals surface area contributed by atoms with Gasteiger partial charge in [0.25, 0.3) is 0 Å². The van der Waals surface area contributed by atoms with Crippen molar-refractivity contribution in [3.63, 3.8) is 0 Å². The van der Waals surface area contributed by atoms with Gasteiger partial charge in [0.05, 0.1) is 0 Å². The molecule has 0 rings (SSSR count). The number of carbonyl (C=O) groups is 4. The summed E-state index contributed by atoms with van der Waals surface area (Å²) in [7, 11) is 0. The largest absolute Gasteiger partial charge is 0.550 e. The van der Waals surface area contributed by atoms with Crippen LogP contribution in [0.5, 0.6) is 0 Å². The quantitative estimate of drug-likeness (QED) is 0.384. The van der Waals surface area contributed by atoms with Crippen molar-refractivity contribution in [2.75, 3.05) is 0 Å². The molecule has 9 heteroatoms. The minimum atomic E-state index is -1.28. The van der Waals surface area contributed by atoms with Crippen molar-refractivity contribution in [3.8, 4) is 0 Å². The minimum Gasteiger partial charge on any atom is -0.550 e. The van der Waals surface area contributed by atoms with Crippen LogP contribution in [0.4, 0.5) is 0 Å². The first-order valence-electron chi connectivity index (χ1n) is 8.95. The second-order valence-corrected chi connectivity index (χ2v) is 7.66. The fourth-order valence-electron chi connectivity index (χ4n) is 1.28. The maximum Gasteiger partial charge on any atom is 0.138 e. The summed E-state index contributed by atoms with van der Waals surface area (Å²) in [5.41, 5.74) is 0. The van der Waals surface area contributed by atoms with Crippen molar-refractivity contribution < 1.29 is 59.1 Å². The van der Waals surface area contributed by atoms with Crippen LogP contribution in [0.3, 0.4) is 0 Å². The fourth-order valence-corrected chi connectivity index (χ4v) is 2.36. The van der Waals surface area contributed by atoms with Gasteiger partial charge in [0.1, 0.15) is 11.6 Å². The first kappa shape index (κ1) is 30.8. The van der Waals surface area contributed by atoms with Crippen LogP contribution in [0.15, 0.2) is 0 Å². The van der Waals surface area contributed by atoms with Crippen molar-refractivity contribution >= 4 is 23.5 Å². The molecule has 0 atom stereocenters. The van der Waals surface area contributed by atoms with Crippen LogP contribution in [0, 0.1) is 0 Å². The fraction of sp³-hybridized carbons (Fsp3) is 0.778. The zero-order valence-electron chi connectivity index (χ0n) is 17.2. The van der Waals surface area contributed by atoms with Gasteiger partial charge in [-0.2, -0.15) is 0 Å². The van der Waals surface area contributed by atoms with E-state index >= 15 is 0 Å². The Kier molecular flexibility index (Phi) is 24.4. The number of aliphatic carboxylic acids is 2. The van der Waals surface area contributed by atoms with Crippen molar-refractivity contribution in [2.24, 2.45) is 0 Å². The molecule has 27 heavy (non-hydrogen) atoms. The smallest absolute Gasteiger partial charge is 0.138 e. The monoisotopic (exact) mass is 466 g/mol. The Morgan fingerprint density at radius 1 is 0.741 bits per heavy atom. The molecule has 156 valence electrons. The Labute approximate surface area is 174 Å². The number of hydrogen-bond donors (Lipinski definition) is 0. The first-order chi connectivity index (χ1) is 12.5. The van der Waals surface area contributed by atoms with E-state index in [1.165, 1.54) is 0 Å². The van der Waals surface area contributed by atoms with E-state index in [4.69, 9.17) is 5.63 Å². The molecule has 0 aliphatic carbocycles. The Hall–Kier alpha value is -0.917. The molecule has 0 aromatic rings. The summed E-state index contributed by atoms with van der Waals surface area (Å²) in [6, 6.07) is 0. The number of carboxylic acid groups (broad SMARTS) is 2. The molecule has 0 aromatic heterocycles. The number of carbonyl (C=O) groups excluding carboxylic acids is 4. The zero-order valence-corrected chi connectivity index (χ0v) is 19.6. The van der Waals surface area contributed by atoms with E-state index in [-0.39, 0.29) is 11.6 Å². The number of carboxylic acids is 2. The number of hydrogen-bond acceptors (Lipinski definition) is 8. The van der Waals surface area contributed by atoms with Gasteiger partial charge in [0, 0.05) is 37.6 Å². The molecule has 0 aromatic carbocycles. The Balaban J connectivity index is -0.000000320. The molecule has 0 unspecified atom stereocenters. The van der Waals surface area contributed by atoms with Crippen LogP contribution >= 0.6 is 0 Å². The van der Waals surface area contributed by atoms with Crippen LogP contribution in [0.25, 0.3) is 0 Å². The molecule has 0 saturated heterocycles. The topological polar surface area (TPSA) is 133 Å². The van der Waals surface area contributed by atoms with Crippen LogP contribution in [-0.4, -0.2) is 35.7 Å². The predicted octanol–water partition coefficient (Wildman–Crippen LogP) is 0.740. The molecule has 0 amide bonds. The second kappa shape index (κ2) is 21.4. The Morgan fingerprint density at radius 2 is 1.04 bits per heavy atom. The summed E-state index contributed by atoms with van der Waals surface area (Å²) in [5.74, 6) is -3.07. The van der Waals surface area contributed by atoms with E-state index in [1.54, 1.807) is 0 Å². The average molecular weight is 468 g/mol. The molecule has 0 heterocycles. The first-order valence-corrected chi connectivity index (χ1v) is 11.0. The van der Waals surface area contributed by atoms with E-state index in [0.29, 0.717) is 37.9 Å². The van der Waals surface area contributed by atoms with E-state index in [2.05, 4.69) is 0 Å². The third-order valence-corrected chi connectivity index (χ3v) is 5.10. The third-order valence-electron chi connectivity index (χ3n) is 2.31. The predicted molar refractivity (Wildman–Crippen MR) is 91.5 cm³/mol. The molecular weight excluding hydrogens is 435 g/mol. The van der Waals surface area contributed by atoms with Gasteiger partial charge in [-0.25, -0.2) is 0 Å². The van der Waals surface area contributed by atoms with Crippen LogP contribution < -0.4 is 10.2 Å². The molecule has 0 bridgehead atoms. The minimum absolute atomic E-state index is 0.252. The Bertz CT molecular complexity index is 384. The third kappa shape index (κ3) is 36.7. The summed E-state index contributed by atoms with van der Waals surface area (Å²) < 4.78 is 10.6. The molecule has 0 aliphatic heterocycles. The zero-order chi connectivity index (χ0) is 21.8. The van der Waals surface area contributed by atoms with Crippen LogP contribution in [-0.2, 0) is 48.9 Å². The normalized spacial score (nSPS) is 9.48. The molecule has 0 N–H and O–H groups in total. The van der Waals surface area contributed by atoms with Gasteiger partial charge in [-0.05, 0) is 12.8 Å². The molecular formula is C18H32O8Zr. The van der Waals surface area contributed by atoms with Crippen molar-refractivity contribution in [1.29, 1.82) is 0 Å². The van der Waals surface area contributed by atoms with Crippen molar-refractivity contribution in [1.82, 2.24) is 0 Å². The maximum absolute atomic E-state index is 10.4. The maximum atomic E-state index is 10.4. The van der Waals surface area contributed by atoms with Crippen molar-refractivity contribution in [3.05, 3.63) is 0 Å². The second-order valence-electron chi connectivity index (χ2n) is 6.09. The molecule has 0 radical (unpaired) electrons. The van der Waals surface area contributed by atoms with Crippen LogP contribution in [0.2, 0.25) is 0 Å². The molecule has 0 spiro atoms. The van der Waals surface area contributed by atoms with Gasteiger partial charge in [-0.1, -0.05) is 13.8 Å². The van der Waals surface area contributed by atoms with E-state index in [9.17, 15) is 29.4 Å². The van der Waals surface area contributed by atoms with Gasteiger partial charge < -0.3 is 19.8 Å². The van der Waals surface area contributed by atoms with Gasteiger partial charge >= 0.3 is 69.6 Å². The summed E-state index contributed by atoms with van der Waals surface area (Å²) in [6.45, 7) is 11.8. The summed E-state index contributed by atoms with van der Waals surface area (Å²) >= 11 is -0.929. The standard InChI is InChI=1S/2C6H10O3.2C3H7O.Zr/c2*1-2-3-5(7)4-6(8)9;2*1-3(2)4;/h2*2-4H2,1H3,(H,8,9);2*3H,1-2H3;/q;;2*-1;+4/p-2. The van der Waals surface area contributed by atoms with E-state index in [0.717, 1.165) is 0 Å². The summed E-state index contributed by atoms with van der Waals surface area (Å²) in [6.07, 6.45) is 1.90. The number of ketones is 2. The average Bonchev–Trinajstić information content (AvgIpc) is 2.46.